The van der Waals surface area contributed by atoms with Gasteiger partial charge in [-0.15, -0.1) is 0 Å². The Morgan fingerprint density at radius 2 is 2.14 bits per heavy atom. The Balaban J connectivity index is 1.80. The summed E-state index contributed by atoms with van der Waals surface area (Å²) in [5.74, 6) is 0.430. The Morgan fingerprint density at radius 3 is 2.91 bits per heavy atom. The number of rotatable bonds is 2. The topological polar surface area (TPSA) is 44.4 Å². The summed E-state index contributed by atoms with van der Waals surface area (Å²) in [4.78, 5) is 15.1. The van der Waals surface area contributed by atoms with Gasteiger partial charge in [0.2, 0.25) is 5.91 Å². The van der Waals surface area contributed by atoms with Gasteiger partial charge in [0.1, 0.15) is 0 Å². The molecule has 2 N–H and O–H groups in total. The Kier molecular flexibility index (Phi) is 5.01. The molecule has 1 aromatic carbocycles. The highest BCUT2D eigenvalue weighted by Crippen LogP contribution is 2.31. The fourth-order valence-corrected chi connectivity index (χ4v) is 3.84. The molecule has 0 aromatic heterocycles. The maximum Gasteiger partial charge on any atom is 0.226 e. The van der Waals surface area contributed by atoms with Crippen LogP contribution >= 0.6 is 11.6 Å². The highest BCUT2D eigenvalue weighted by molar-refractivity contribution is 6.31. The zero-order valence-corrected chi connectivity index (χ0v) is 13.8. The van der Waals surface area contributed by atoms with E-state index in [4.69, 9.17) is 11.6 Å². The Bertz CT molecular complexity index is 536. The van der Waals surface area contributed by atoms with Crippen molar-refractivity contribution in [3.63, 3.8) is 0 Å². The first kappa shape index (κ1) is 15.8. The van der Waals surface area contributed by atoms with E-state index in [0.29, 0.717) is 11.9 Å². The van der Waals surface area contributed by atoms with E-state index < -0.39 is 0 Å². The van der Waals surface area contributed by atoms with Crippen molar-refractivity contribution in [2.75, 3.05) is 26.2 Å². The van der Waals surface area contributed by atoms with Crippen molar-refractivity contribution in [1.82, 2.24) is 15.5 Å². The van der Waals surface area contributed by atoms with Crippen LogP contribution in [0.15, 0.2) is 24.3 Å². The first-order valence-corrected chi connectivity index (χ1v) is 8.53. The highest BCUT2D eigenvalue weighted by atomic mass is 35.5. The fourth-order valence-electron chi connectivity index (χ4n) is 3.58. The van der Waals surface area contributed by atoms with Gasteiger partial charge in [-0.05, 0) is 37.9 Å². The van der Waals surface area contributed by atoms with Crippen LogP contribution in [0.25, 0.3) is 0 Å². The molecule has 2 aliphatic heterocycles. The van der Waals surface area contributed by atoms with E-state index in [1.165, 1.54) is 0 Å². The third kappa shape index (κ3) is 3.29. The van der Waals surface area contributed by atoms with Crippen LogP contribution in [-0.2, 0) is 4.79 Å². The predicted octanol–water partition coefficient (Wildman–Crippen LogP) is 2.20. The van der Waals surface area contributed by atoms with Crippen LogP contribution in [0.2, 0.25) is 5.02 Å². The molecule has 2 heterocycles. The van der Waals surface area contributed by atoms with E-state index in [1.54, 1.807) is 0 Å². The van der Waals surface area contributed by atoms with Gasteiger partial charge in [-0.1, -0.05) is 29.8 Å². The number of carbonyl (C=O) groups is 1. The lowest BCUT2D eigenvalue weighted by atomic mass is 9.90. The molecule has 120 valence electrons. The minimum Gasteiger partial charge on any atom is -0.333 e. The number of hydrogen-bond acceptors (Lipinski definition) is 3. The third-order valence-corrected chi connectivity index (χ3v) is 5.11. The van der Waals surface area contributed by atoms with E-state index in [0.717, 1.165) is 49.6 Å². The van der Waals surface area contributed by atoms with Crippen LogP contribution in [0.4, 0.5) is 0 Å². The largest absolute Gasteiger partial charge is 0.333 e. The molecule has 3 rings (SSSR count). The molecule has 0 radical (unpaired) electrons. The van der Waals surface area contributed by atoms with Crippen LogP contribution in [0.3, 0.4) is 0 Å². The first-order valence-electron chi connectivity index (χ1n) is 8.16. The maximum atomic E-state index is 13.0. The number of benzene rings is 1. The number of hydrogen-bond donors (Lipinski definition) is 2. The maximum absolute atomic E-state index is 13.0. The van der Waals surface area contributed by atoms with Gasteiger partial charge in [0.15, 0.2) is 0 Å². The van der Waals surface area contributed by atoms with Crippen LogP contribution in [0.5, 0.6) is 0 Å². The van der Waals surface area contributed by atoms with E-state index in [9.17, 15) is 4.79 Å². The first-order chi connectivity index (χ1) is 10.7. The minimum atomic E-state index is 0.0418. The van der Waals surface area contributed by atoms with E-state index >= 15 is 0 Å². The molecule has 0 bridgehead atoms. The van der Waals surface area contributed by atoms with E-state index in [1.807, 2.05) is 29.2 Å². The second kappa shape index (κ2) is 6.99. The number of carbonyl (C=O) groups excluding carboxylic acids is 1. The molecule has 2 fully saturated rings. The number of halogens is 1. The number of nitrogens with zero attached hydrogens (tertiary/aromatic N) is 1. The molecule has 2 saturated heterocycles. The van der Waals surface area contributed by atoms with Crippen molar-refractivity contribution < 1.29 is 4.79 Å². The SMILES string of the molecule is C[C@H]1C[C@@H](C(=O)N2CCNCC2c2ccccc2Cl)CCN1. The molecule has 4 nitrogen and oxygen atoms in total. The Morgan fingerprint density at radius 1 is 1.32 bits per heavy atom. The molecule has 1 unspecified atom stereocenters. The van der Waals surface area contributed by atoms with Crippen LogP contribution < -0.4 is 10.6 Å². The molecule has 2 aliphatic rings. The molecular weight excluding hydrogens is 298 g/mol. The lowest BCUT2D eigenvalue weighted by Gasteiger charge is -2.40. The third-order valence-electron chi connectivity index (χ3n) is 4.76. The van der Waals surface area contributed by atoms with Crippen LogP contribution in [-0.4, -0.2) is 43.0 Å². The van der Waals surface area contributed by atoms with E-state index in [-0.39, 0.29) is 12.0 Å². The monoisotopic (exact) mass is 321 g/mol. The molecule has 0 spiro atoms. The molecule has 5 heteroatoms. The molecule has 1 aromatic rings. The summed E-state index contributed by atoms with van der Waals surface area (Å²) in [6, 6.07) is 8.32. The summed E-state index contributed by atoms with van der Waals surface area (Å²) in [6.45, 7) is 5.47. The summed E-state index contributed by atoms with van der Waals surface area (Å²) < 4.78 is 0. The average molecular weight is 322 g/mol. The van der Waals surface area contributed by atoms with Crippen molar-refractivity contribution in [3.8, 4) is 0 Å². The standard InChI is InChI=1S/C17H24ClN3O/c1-12-10-13(6-7-20-12)17(22)21-9-8-19-11-16(21)14-4-2-3-5-15(14)18/h2-5,12-13,16,19-20H,6-11H2,1H3/t12-,13-,16?/m0/s1. The molecule has 3 atom stereocenters. The minimum absolute atomic E-state index is 0.0418. The summed E-state index contributed by atoms with van der Waals surface area (Å²) >= 11 is 6.36. The lowest BCUT2D eigenvalue weighted by Crippen LogP contribution is -2.52. The summed E-state index contributed by atoms with van der Waals surface area (Å²) in [5, 5.41) is 7.55. The van der Waals surface area contributed by atoms with Gasteiger partial charge in [0, 0.05) is 36.6 Å². The van der Waals surface area contributed by atoms with Gasteiger partial charge in [-0.3, -0.25) is 4.79 Å². The summed E-state index contributed by atoms with van der Waals surface area (Å²) in [7, 11) is 0. The molecule has 0 saturated carbocycles. The van der Waals surface area contributed by atoms with Crippen molar-refractivity contribution in [2.24, 2.45) is 5.92 Å². The molecule has 22 heavy (non-hydrogen) atoms. The van der Waals surface area contributed by atoms with Gasteiger partial charge < -0.3 is 15.5 Å². The predicted molar refractivity (Wildman–Crippen MR) is 89.0 cm³/mol. The normalized spacial score (nSPS) is 29.4. The average Bonchev–Trinajstić information content (AvgIpc) is 2.55. The number of piperazine rings is 1. The van der Waals surface area contributed by atoms with Gasteiger partial charge in [0.05, 0.1) is 6.04 Å². The quantitative estimate of drug-likeness (QED) is 0.877. The smallest absolute Gasteiger partial charge is 0.226 e. The lowest BCUT2D eigenvalue weighted by molar-refractivity contribution is -0.140. The van der Waals surface area contributed by atoms with Gasteiger partial charge in [-0.25, -0.2) is 0 Å². The molecule has 0 aliphatic carbocycles. The van der Waals surface area contributed by atoms with Crippen molar-refractivity contribution >= 4 is 17.5 Å². The number of nitrogens with one attached hydrogen (secondary N) is 2. The van der Waals surface area contributed by atoms with Gasteiger partial charge in [0.25, 0.3) is 0 Å². The van der Waals surface area contributed by atoms with Crippen LogP contribution in [0, 0.1) is 5.92 Å². The highest BCUT2D eigenvalue weighted by Gasteiger charge is 2.34. The fraction of sp³-hybridized carbons (Fsp3) is 0.588. The van der Waals surface area contributed by atoms with E-state index in [2.05, 4.69) is 17.6 Å². The summed E-state index contributed by atoms with van der Waals surface area (Å²) in [6.07, 6.45) is 1.86. The Labute approximate surface area is 137 Å². The second-order valence-corrected chi connectivity index (χ2v) is 6.76. The van der Waals surface area contributed by atoms with Crippen LogP contribution in [0.1, 0.15) is 31.4 Å². The molecule has 1 amide bonds. The molecular formula is C17H24ClN3O. The van der Waals surface area contributed by atoms with Gasteiger partial charge >= 0.3 is 0 Å². The Hall–Kier alpha value is -1.10. The number of piperidine rings is 1. The van der Waals surface area contributed by atoms with Crippen molar-refractivity contribution in [3.05, 3.63) is 34.9 Å². The van der Waals surface area contributed by atoms with Gasteiger partial charge in [-0.2, -0.15) is 0 Å². The zero-order chi connectivity index (χ0) is 15.5. The number of amides is 1. The second-order valence-electron chi connectivity index (χ2n) is 6.35. The van der Waals surface area contributed by atoms with Crippen molar-refractivity contribution in [1.29, 1.82) is 0 Å². The summed E-state index contributed by atoms with van der Waals surface area (Å²) in [5.41, 5.74) is 1.05. The zero-order valence-electron chi connectivity index (χ0n) is 13.0. The van der Waals surface area contributed by atoms with Crippen molar-refractivity contribution in [2.45, 2.75) is 31.8 Å².